The molecule has 1 fully saturated rings. The van der Waals surface area contributed by atoms with E-state index in [1.54, 1.807) is 6.07 Å². The summed E-state index contributed by atoms with van der Waals surface area (Å²) in [4.78, 5) is 0. The van der Waals surface area contributed by atoms with Gasteiger partial charge in [-0.25, -0.2) is 4.39 Å². The molecule has 1 saturated carbocycles. The molecule has 2 nitrogen and oxygen atoms in total. The molecule has 3 atom stereocenters. The minimum absolute atomic E-state index is 0.200. The van der Waals surface area contributed by atoms with Crippen LogP contribution in [-0.2, 0) is 6.42 Å². The zero-order valence-electron chi connectivity index (χ0n) is 13.5. The van der Waals surface area contributed by atoms with Crippen molar-refractivity contribution in [3.63, 3.8) is 0 Å². The molecule has 3 unspecified atom stereocenters. The Hall–Kier alpha value is -1.09. The van der Waals surface area contributed by atoms with Gasteiger partial charge in [0.1, 0.15) is 0 Å². The van der Waals surface area contributed by atoms with Gasteiger partial charge >= 0.3 is 0 Å². The Morgan fingerprint density at radius 1 is 1.38 bits per heavy atom. The second-order valence-electron chi connectivity index (χ2n) is 6.27. The van der Waals surface area contributed by atoms with Gasteiger partial charge in [0.25, 0.3) is 0 Å². The van der Waals surface area contributed by atoms with Crippen LogP contribution in [0.5, 0.6) is 5.75 Å². The van der Waals surface area contributed by atoms with Crippen LogP contribution in [0.4, 0.5) is 4.39 Å². The highest BCUT2D eigenvalue weighted by Gasteiger charge is 2.31. The molecule has 0 aliphatic heterocycles. The lowest BCUT2D eigenvalue weighted by atomic mass is 9.86. The van der Waals surface area contributed by atoms with E-state index in [4.69, 9.17) is 4.74 Å². The molecule has 0 saturated heterocycles. The maximum absolute atomic E-state index is 14.4. The summed E-state index contributed by atoms with van der Waals surface area (Å²) < 4.78 is 19.5. The molecule has 0 bridgehead atoms. The van der Waals surface area contributed by atoms with Gasteiger partial charge in [-0.05, 0) is 49.3 Å². The third kappa shape index (κ3) is 3.97. The van der Waals surface area contributed by atoms with Crippen LogP contribution in [0.1, 0.15) is 45.1 Å². The second-order valence-corrected chi connectivity index (χ2v) is 6.27. The van der Waals surface area contributed by atoms with Crippen molar-refractivity contribution in [1.29, 1.82) is 0 Å². The summed E-state index contributed by atoms with van der Waals surface area (Å²) in [7, 11) is 1.52. The van der Waals surface area contributed by atoms with Gasteiger partial charge in [0.15, 0.2) is 11.6 Å². The lowest BCUT2D eigenvalue weighted by Gasteiger charge is -2.28. The summed E-state index contributed by atoms with van der Waals surface area (Å²) in [5.41, 5.74) is 0.766. The first kappa shape index (κ1) is 16.3. The second kappa shape index (κ2) is 7.79. The lowest BCUT2D eigenvalue weighted by Crippen LogP contribution is -2.39. The highest BCUT2D eigenvalue weighted by atomic mass is 19.1. The van der Waals surface area contributed by atoms with E-state index >= 15 is 0 Å². The van der Waals surface area contributed by atoms with Crippen molar-refractivity contribution >= 4 is 0 Å². The standard InChI is InChI=1S/C18H28FNO/c1-4-11-20-16(15-9-5-7-13(15)2)12-14-8-6-10-17(21-3)18(14)19/h6,8,10,13,15-16,20H,4-5,7,9,11-12H2,1-3H3. The van der Waals surface area contributed by atoms with E-state index in [0.29, 0.717) is 17.7 Å². The summed E-state index contributed by atoms with van der Waals surface area (Å²) in [5, 5.41) is 3.65. The molecule has 2 rings (SSSR count). The molecule has 1 aromatic carbocycles. The first-order valence-electron chi connectivity index (χ1n) is 8.22. The van der Waals surface area contributed by atoms with Crippen molar-refractivity contribution in [2.24, 2.45) is 11.8 Å². The van der Waals surface area contributed by atoms with Gasteiger partial charge in [0, 0.05) is 6.04 Å². The van der Waals surface area contributed by atoms with Gasteiger partial charge in [-0.1, -0.05) is 38.8 Å². The maximum atomic E-state index is 14.4. The first-order chi connectivity index (χ1) is 10.2. The van der Waals surface area contributed by atoms with Crippen LogP contribution in [0.3, 0.4) is 0 Å². The molecular formula is C18H28FNO. The minimum Gasteiger partial charge on any atom is -0.494 e. The average molecular weight is 293 g/mol. The van der Waals surface area contributed by atoms with E-state index in [9.17, 15) is 4.39 Å². The summed E-state index contributed by atoms with van der Waals surface area (Å²) in [6, 6.07) is 5.82. The van der Waals surface area contributed by atoms with Crippen LogP contribution in [0.25, 0.3) is 0 Å². The molecule has 0 spiro atoms. The number of nitrogens with one attached hydrogen (secondary N) is 1. The molecular weight excluding hydrogens is 265 g/mol. The first-order valence-corrected chi connectivity index (χ1v) is 8.22. The number of hydrogen-bond donors (Lipinski definition) is 1. The third-order valence-corrected chi connectivity index (χ3v) is 4.80. The summed E-state index contributed by atoms with van der Waals surface area (Å²) >= 11 is 0. The van der Waals surface area contributed by atoms with E-state index in [2.05, 4.69) is 19.2 Å². The monoisotopic (exact) mass is 293 g/mol. The smallest absolute Gasteiger partial charge is 0.168 e. The van der Waals surface area contributed by atoms with Crippen LogP contribution < -0.4 is 10.1 Å². The number of methoxy groups -OCH3 is 1. The Morgan fingerprint density at radius 2 is 2.19 bits per heavy atom. The van der Waals surface area contributed by atoms with Gasteiger partial charge in [0.2, 0.25) is 0 Å². The maximum Gasteiger partial charge on any atom is 0.168 e. The third-order valence-electron chi connectivity index (χ3n) is 4.80. The number of rotatable bonds is 7. The fourth-order valence-electron chi connectivity index (χ4n) is 3.58. The van der Waals surface area contributed by atoms with Gasteiger partial charge < -0.3 is 10.1 Å². The van der Waals surface area contributed by atoms with Crippen LogP contribution in [0.2, 0.25) is 0 Å². The van der Waals surface area contributed by atoms with E-state index in [1.807, 2.05) is 12.1 Å². The van der Waals surface area contributed by atoms with Crippen molar-refractivity contribution in [3.05, 3.63) is 29.6 Å². The summed E-state index contributed by atoms with van der Waals surface area (Å²) in [6.07, 6.45) is 5.72. The highest BCUT2D eigenvalue weighted by Crippen LogP contribution is 2.35. The van der Waals surface area contributed by atoms with Crippen molar-refractivity contribution in [1.82, 2.24) is 5.32 Å². The van der Waals surface area contributed by atoms with E-state index in [1.165, 1.54) is 26.4 Å². The van der Waals surface area contributed by atoms with Crippen molar-refractivity contribution in [2.75, 3.05) is 13.7 Å². The number of hydrogen-bond acceptors (Lipinski definition) is 2. The highest BCUT2D eigenvalue weighted by molar-refractivity contribution is 5.31. The molecule has 0 heterocycles. The zero-order chi connectivity index (χ0) is 15.2. The Labute approximate surface area is 128 Å². The molecule has 3 heteroatoms. The predicted molar refractivity (Wildman–Crippen MR) is 85.2 cm³/mol. The van der Waals surface area contributed by atoms with Gasteiger partial charge in [0.05, 0.1) is 7.11 Å². The van der Waals surface area contributed by atoms with Crippen molar-refractivity contribution in [2.45, 2.75) is 52.0 Å². The van der Waals surface area contributed by atoms with Crippen LogP contribution in [-0.4, -0.2) is 19.7 Å². The minimum atomic E-state index is -0.200. The Bertz CT molecular complexity index is 449. The van der Waals surface area contributed by atoms with E-state index < -0.39 is 0 Å². The van der Waals surface area contributed by atoms with Gasteiger partial charge in [-0.3, -0.25) is 0 Å². The average Bonchev–Trinajstić information content (AvgIpc) is 2.91. The topological polar surface area (TPSA) is 21.3 Å². The normalized spacial score (nSPS) is 23.2. The zero-order valence-corrected chi connectivity index (χ0v) is 13.5. The van der Waals surface area contributed by atoms with Crippen LogP contribution in [0, 0.1) is 17.7 Å². The fourth-order valence-corrected chi connectivity index (χ4v) is 3.58. The van der Waals surface area contributed by atoms with Crippen molar-refractivity contribution < 1.29 is 9.13 Å². The number of ether oxygens (including phenoxy) is 1. The Balaban J connectivity index is 2.14. The molecule has 1 N–H and O–H groups in total. The predicted octanol–water partition coefficient (Wildman–Crippen LogP) is 4.18. The van der Waals surface area contributed by atoms with E-state index in [-0.39, 0.29) is 5.82 Å². The van der Waals surface area contributed by atoms with Crippen LogP contribution >= 0.6 is 0 Å². The van der Waals surface area contributed by atoms with Crippen molar-refractivity contribution in [3.8, 4) is 5.75 Å². The molecule has 0 aromatic heterocycles. The fraction of sp³-hybridized carbons (Fsp3) is 0.667. The van der Waals surface area contributed by atoms with E-state index in [0.717, 1.165) is 30.9 Å². The molecule has 118 valence electrons. The quantitative estimate of drug-likeness (QED) is 0.814. The molecule has 21 heavy (non-hydrogen) atoms. The Kier molecular flexibility index (Phi) is 6.04. The largest absolute Gasteiger partial charge is 0.494 e. The molecule has 0 radical (unpaired) electrons. The number of halogens is 1. The lowest BCUT2D eigenvalue weighted by molar-refractivity contribution is 0.292. The summed E-state index contributed by atoms with van der Waals surface area (Å²) in [6.45, 7) is 5.51. The SMILES string of the molecule is CCCNC(Cc1cccc(OC)c1F)C1CCCC1C. The Morgan fingerprint density at radius 3 is 2.81 bits per heavy atom. The summed E-state index contributed by atoms with van der Waals surface area (Å²) in [5.74, 6) is 1.53. The molecule has 1 aliphatic carbocycles. The van der Waals surface area contributed by atoms with Gasteiger partial charge in [-0.15, -0.1) is 0 Å². The molecule has 1 aliphatic rings. The number of benzene rings is 1. The van der Waals surface area contributed by atoms with Gasteiger partial charge in [-0.2, -0.15) is 0 Å². The molecule has 1 aromatic rings. The van der Waals surface area contributed by atoms with Crippen LogP contribution in [0.15, 0.2) is 18.2 Å². The molecule has 0 amide bonds.